The normalized spacial score (nSPS) is 23.6. The molecule has 20 heavy (non-hydrogen) atoms. The van der Waals surface area contributed by atoms with Gasteiger partial charge in [-0.3, -0.25) is 9.59 Å². The molecular formula is C15H26N2O3. The van der Waals surface area contributed by atoms with Gasteiger partial charge in [-0.05, 0) is 25.7 Å². The molecule has 1 unspecified atom stereocenters. The van der Waals surface area contributed by atoms with Crippen LogP contribution >= 0.6 is 0 Å². The standard InChI is InChI=1S/C15H26N2O3/c1-12(18)17(13-6-3-2-4-7-13)10-9-16-15(19)14-8-5-11-20-14/h13-14H,2-11H2,1H3,(H,16,19). The van der Waals surface area contributed by atoms with Gasteiger partial charge in [0.25, 0.3) is 0 Å². The number of rotatable bonds is 5. The summed E-state index contributed by atoms with van der Waals surface area (Å²) in [6.07, 6.45) is 7.37. The van der Waals surface area contributed by atoms with E-state index < -0.39 is 0 Å². The third kappa shape index (κ3) is 4.20. The molecule has 5 heteroatoms. The maximum atomic E-state index is 11.8. The molecule has 0 spiro atoms. The number of hydrogen-bond acceptors (Lipinski definition) is 3. The highest BCUT2D eigenvalue weighted by molar-refractivity contribution is 5.81. The fourth-order valence-electron chi connectivity index (χ4n) is 3.19. The molecule has 1 saturated heterocycles. The summed E-state index contributed by atoms with van der Waals surface area (Å²) in [4.78, 5) is 25.5. The topological polar surface area (TPSA) is 58.6 Å². The van der Waals surface area contributed by atoms with Gasteiger partial charge in [0.1, 0.15) is 6.10 Å². The van der Waals surface area contributed by atoms with E-state index in [1.54, 1.807) is 6.92 Å². The first-order chi connectivity index (χ1) is 9.68. The molecule has 114 valence electrons. The van der Waals surface area contributed by atoms with E-state index in [9.17, 15) is 9.59 Å². The molecule has 5 nitrogen and oxygen atoms in total. The highest BCUT2D eigenvalue weighted by atomic mass is 16.5. The first-order valence-corrected chi connectivity index (χ1v) is 7.85. The molecule has 2 fully saturated rings. The minimum absolute atomic E-state index is 0.0327. The monoisotopic (exact) mass is 282 g/mol. The van der Waals surface area contributed by atoms with Gasteiger partial charge in [-0.2, -0.15) is 0 Å². The fraction of sp³-hybridized carbons (Fsp3) is 0.867. The molecule has 0 aromatic rings. The number of amides is 2. The predicted molar refractivity (Wildman–Crippen MR) is 76.2 cm³/mol. The van der Waals surface area contributed by atoms with Crippen LogP contribution in [-0.2, 0) is 14.3 Å². The van der Waals surface area contributed by atoms with Crippen LogP contribution in [0.4, 0.5) is 0 Å². The Balaban J connectivity index is 1.74. The summed E-state index contributed by atoms with van der Waals surface area (Å²) in [5.41, 5.74) is 0. The van der Waals surface area contributed by atoms with E-state index in [4.69, 9.17) is 4.74 Å². The lowest BCUT2D eigenvalue weighted by Gasteiger charge is -2.33. The van der Waals surface area contributed by atoms with Crippen molar-refractivity contribution >= 4 is 11.8 Å². The van der Waals surface area contributed by atoms with E-state index in [-0.39, 0.29) is 17.9 Å². The number of carbonyl (C=O) groups is 2. The molecule has 1 heterocycles. The molecular weight excluding hydrogens is 256 g/mol. The SMILES string of the molecule is CC(=O)N(CCNC(=O)C1CCCO1)C1CCCCC1. The van der Waals surface area contributed by atoms with Gasteiger partial charge >= 0.3 is 0 Å². The van der Waals surface area contributed by atoms with Crippen LogP contribution < -0.4 is 5.32 Å². The third-order valence-electron chi connectivity index (χ3n) is 4.29. The van der Waals surface area contributed by atoms with Gasteiger partial charge in [0.15, 0.2) is 0 Å². The molecule has 0 aromatic heterocycles. The number of ether oxygens (including phenoxy) is 1. The Morgan fingerprint density at radius 3 is 2.50 bits per heavy atom. The summed E-state index contributed by atoms with van der Waals surface area (Å²) in [7, 11) is 0. The maximum absolute atomic E-state index is 11.8. The van der Waals surface area contributed by atoms with Gasteiger partial charge in [-0.1, -0.05) is 19.3 Å². The summed E-state index contributed by atoms with van der Waals surface area (Å²) < 4.78 is 5.34. The molecule has 2 amide bonds. The van der Waals surface area contributed by atoms with Gasteiger partial charge in [-0.15, -0.1) is 0 Å². The zero-order valence-electron chi connectivity index (χ0n) is 12.4. The van der Waals surface area contributed by atoms with Crippen molar-refractivity contribution < 1.29 is 14.3 Å². The predicted octanol–water partition coefficient (Wildman–Crippen LogP) is 1.46. The Hall–Kier alpha value is -1.10. The third-order valence-corrected chi connectivity index (χ3v) is 4.29. The second-order valence-corrected chi connectivity index (χ2v) is 5.80. The van der Waals surface area contributed by atoms with Crippen LogP contribution in [0, 0.1) is 0 Å². The lowest BCUT2D eigenvalue weighted by atomic mass is 9.94. The molecule has 1 aliphatic heterocycles. The number of carbonyl (C=O) groups excluding carboxylic acids is 2. The van der Waals surface area contributed by atoms with Gasteiger partial charge in [0.05, 0.1) is 0 Å². The van der Waals surface area contributed by atoms with Crippen molar-refractivity contribution in [2.24, 2.45) is 0 Å². The van der Waals surface area contributed by atoms with E-state index in [2.05, 4.69) is 5.32 Å². The fourth-order valence-corrected chi connectivity index (χ4v) is 3.19. The maximum Gasteiger partial charge on any atom is 0.249 e. The second-order valence-electron chi connectivity index (χ2n) is 5.80. The molecule has 0 bridgehead atoms. The molecule has 2 aliphatic rings. The summed E-state index contributed by atoms with van der Waals surface area (Å²) in [5.74, 6) is 0.0814. The van der Waals surface area contributed by atoms with Crippen LogP contribution in [0.5, 0.6) is 0 Å². The van der Waals surface area contributed by atoms with Gasteiger partial charge in [0, 0.05) is 32.7 Å². The van der Waals surface area contributed by atoms with E-state index in [1.165, 1.54) is 19.3 Å². The van der Waals surface area contributed by atoms with Gasteiger partial charge in [-0.25, -0.2) is 0 Å². The largest absolute Gasteiger partial charge is 0.368 e. The highest BCUT2D eigenvalue weighted by Crippen LogP contribution is 2.22. The molecule has 0 aromatic carbocycles. The quantitative estimate of drug-likeness (QED) is 0.830. The van der Waals surface area contributed by atoms with Crippen molar-refractivity contribution in [2.45, 2.75) is 64.0 Å². The van der Waals surface area contributed by atoms with Crippen LogP contribution in [0.15, 0.2) is 0 Å². The number of nitrogens with one attached hydrogen (secondary N) is 1. The van der Waals surface area contributed by atoms with E-state index in [0.717, 1.165) is 25.7 Å². The minimum Gasteiger partial charge on any atom is -0.368 e. The zero-order valence-corrected chi connectivity index (χ0v) is 12.4. The zero-order chi connectivity index (χ0) is 14.4. The van der Waals surface area contributed by atoms with E-state index in [1.807, 2.05) is 4.90 Å². The molecule has 0 radical (unpaired) electrons. The molecule has 2 rings (SSSR count). The lowest BCUT2D eigenvalue weighted by molar-refractivity contribution is -0.133. The van der Waals surface area contributed by atoms with E-state index >= 15 is 0 Å². The molecule has 1 atom stereocenters. The average Bonchev–Trinajstić information content (AvgIpc) is 2.98. The Morgan fingerprint density at radius 1 is 1.15 bits per heavy atom. The summed E-state index contributed by atoms with van der Waals surface area (Å²) in [5, 5.41) is 2.89. The van der Waals surface area contributed by atoms with Crippen molar-refractivity contribution in [3.05, 3.63) is 0 Å². The molecule has 1 saturated carbocycles. The Morgan fingerprint density at radius 2 is 1.90 bits per heavy atom. The van der Waals surface area contributed by atoms with E-state index in [0.29, 0.717) is 25.7 Å². The Kier molecular flexibility index (Phi) is 5.83. The lowest BCUT2D eigenvalue weighted by Crippen LogP contribution is -2.45. The minimum atomic E-state index is -0.282. The van der Waals surface area contributed by atoms with Crippen molar-refractivity contribution in [1.29, 1.82) is 0 Å². The van der Waals surface area contributed by atoms with Gasteiger partial charge < -0.3 is 15.0 Å². The van der Waals surface area contributed by atoms with Crippen LogP contribution in [0.1, 0.15) is 51.9 Å². The second kappa shape index (κ2) is 7.62. The van der Waals surface area contributed by atoms with Crippen LogP contribution in [0.25, 0.3) is 0 Å². The first-order valence-electron chi connectivity index (χ1n) is 7.85. The Bertz CT molecular complexity index is 334. The summed E-state index contributed by atoms with van der Waals surface area (Å²) >= 11 is 0. The Labute approximate surface area is 121 Å². The summed E-state index contributed by atoms with van der Waals surface area (Å²) in [6.45, 7) is 3.43. The van der Waals surface area contributed by atoms with Crippen LogP contribution in [0.3, 0.4) is 0 Å². The smallest absolute Gasteiger partial charge is 0.249 e. The number of hydrogen-bond donors (Lipinski definition) is 1. The molecule has 1 aliphatic carbocycles. The molecule has 1 N–H and O–H groups in total. The van der Waals surface area contributed by atoms with Crippen molar-refractivity contribution in [1.82, 2.24) is 10.2 Å². The van der Waals surface area contributed by atoms with Crippen LogP contribution in [0.2, 0.25) is 0 Å². The highest BCUT2D eigenvalue weighted by Gasteiger charge is 2.25. The van der Waals surface area contributed by atoms with Crippen molar-refractivity contribution in [3.63, 3.8) is 0 Å². The average molecular weight is 282 g/mol. The number of nitrogens with zero attached hydrogens (tertiary/aromatic N) is 1. The van der Waals surface area contributed by atoms with Crippen molar-refractivity contribution in [2.75, 3.05) is 19.7 Å². The van der Waals surface area contributed by atoms with Gasteiger partial charge in [0.2, 0.25) is 11.8 Å². The first kappa shape index (κ1) is 15.3. The summed E-state index contributed by atoms with van der Waals surface area (Å²) in [6, 6.07) is 0.362. The van der Waals surface area contributed by atoms with Crippen LogP contribution in [-0.4, -0.2) is 48.6 Å². The van der Waals surface area contributed by atoms with Crippen molar-refractivity contribution in [3.8, 4) is 0 Å².